The first kappa shape index (κ1) is 13.6. The SMILES string of the molecule is COc1ccc(C=C(CO)C(C)C)c2ccccc12. The Labute approximate surface area is 114 Å². The molecule has 0 aromatic heterocycles. The minimum Gasteiger partial charge on any atom is -0.496 e. The maximum atomic E-state index is 9.44. The number of hydrogen-bond donors (Lipinski definition) is 1. The molecule has 0 fully saturated rings. The molecule has 0 amide bonds. The van der Waals surface area contributed by atoms with Crippen molar-refractivity contribution in [2.75, 3.05) is 13.7 Å². The van der Waals surface area contributed by atoms with Gasteiger partial charge in [0.2, 0.25) is 0 Å². The predicted molar refractivity (Wildman–Crippen MR) is 80.4 cm³/mol. The third kappa shape index (κ3) is 2.79. The van der Waals surface area contributed by atoms with E-state index >= 15 is 0 Å². The number of benzene rings is 2. The molecule has 0 radical (unpaired) electrons. The van der Waals surface area contributed by atoms with E-state index in [1.165, 1.54) is 0 Å². The lowest BCUT2D eigenvalue weighted by Crippen LogP contribution is -1.99. The van der Waals surface area contributed by atoms with Crippen LogP contribution in [0.1, 0.15) is 19.4 Å². The molecule has 0 aliphatic carbocycles. The Morgan fingerprint density at radius 1 is 1.16 bits per heavy atom. The van der Waals surface area contributed by atoms with Gasteiger partial charge in [0.1, 0.15) is 5.75 Å². The van der Waals surface area contributed by atoms with Crippen LogP contribution in [0.15, 0.2) is 42.0 Å². The van der Waals surface area contributed by atoms with Crippen molar-refractivity contribution in [3.63, 3.8) is 0 Å². The van der Waals surface area contributed by atoms with Crippen LogP contribution in [0.25, 0.3) is 16.8 Å². The molecule has 0 aliphatic heterocycles. The highest BCUT2D eigenvalue weighted by molar-refractivity contribution is 5.95. The number of ether oxygens (including phenoxy) is 1. The third-order valence-corrected chi connectivity index (χ3v) is 3.40. The van der Waals surface area contributed by atoms with Crippen LogP contribution in [-0.2, 0) is 0 Å². The summed E-state index contributed by atoms with van der Waals surface area (Å²) in [6.45, 7) is 4.28. The summed E-state index contributed by atoms with van der Waals surface area (Å²) in [5.41, 5.74) is 2.16. The lowest BCUT2D eigenvalue weighted by molar-refractivity contribution is 0.320. The summed E-state index contributed by atoms with van der Waals surface area (Å²) in [6.07, 6.45) is 2.08. The molecule has 0 aliphatic rings. The number of rotatable bonds is 4. The van der Waals surface area contributed by atoms with Gasteiger partial charge in [-0.05, 0) is 28.5 Å². The van der Waals surface area contributed by atoms with Gasteiger partial charge in [0.25, 0.3) is 0 Å². The second kappa shape index (κ2) is 5.89. The molecular formula is C17H20O2. The number of methoxy groups -OCH3 is 1. The highest BCUT2D eigenvalue weighted by atomic mass is 16.5. The number of fused-ring (bicyclic) bond motifs is 1. The van der Waals surface area contributed by atoms with Gasteiger partial charge in [-0.15, -0.1) is 0 Å². The number of hydrogen-bond acceptors (Lipinski definition) is 2. The molecule has 2 aromatic rings. The van der Waals surface area contributed by atoms with E-state index in [0.717, 1.165) is 27.7 Å². The Hall–Kier alpha value is -1.80. The summed E-state index contributed by atoms with van der Waals surface area (Å²) in [4.78, 5) is 0. The summed E-state index contributed by atoms with van der Waals surface area (Å²) < 4.78 is 5.39. The Morgan fingerprint density at radius 2 is 1.84 bits per heavy atom. The first-order valence-corrected chi connectivity index (χ1v) is 6.54. The van der Waals surface area contributed by atoms with E-state index < -0.39 is 0 Å². The molecule has 0 heterocycles. The Balaban J connectivity index is 2.62. The Kier molecular flexibility index (Phi) is 4.23. The fourth-order valence-corrected chi connectivity index (χ4v) is 2.19. The molecule has 2 aromatic carbocycles. The van der Waals surface area contributed by atoms with Gasteiger partial charge >= 0.3 is 0 Å². The van der Waals surface area contributed by atoms with E-state index in [1.54, 1.807) is 7.11 Å². The van der Waals surface area contributed by atoms with E-state index in [9.17, 15) is 5.11 Å². The average Bonchev–Trinajstić information content (AvgIpc) is 2.44. The number of aliphatic hydroxyl groups excluding tert-OH is 1. The lowest BCUT2D eigenvalue weighted by Gasteiger charge is -2.11. The van der Waals surface area contributed by atoms with Crippen molar-refractivity contribution in [2.24, 2.45) is 5.92 Å². The van der Waals surface area contributed by atoms with Crippen molar-refractivity contribution in [2.45, 2.75) is 13.8 Å². The maximum Gasteiger partial charge on any atom is 0.126 e. The van der Waals surface area contributed by atoms with E-state index in [1.807, 2.05) is 24.3 Å². The molecule has 0 bridgehead atoms. The summed E-state index contributed by atoms with van der Waals surface area (Å²) in [7, 11) is 1.69. The second-order valence-electron chi connectivity index (χ2n) is 4.93. The van der Waals surface area contributed by atoms with Crippen molar-refractivity contribution in [1.82, 2.24) is 0 Å². The van der Waals surface area contributed by atoms with Crippen LogP contribution in [0.5, 0.6) is 5.75 Å². The molecule has 0 unspecified atom stereocenters. The predicted octanol–water partition coefficient (Wildman–Crippen LogP) is 3.88. The minimum absolute atomic E-state index is 0.0953. The Morgan fingerprint density at radius 3 is 2.42 bits per heavy atom. The highest BCUT2D eigenvalue weighted by Crippen LogP contribution is 2.30. The number of aliphatic hydroxyl groups is 1. The van der Waals surface area contributed by atoms with E-state index in [0.29, 0.717) is 5.92 Å². The zero-order valence-corrected chi connectivity index (χ0v) is 11.7. The molecule has 100 valence electrons. The summed E-state index contributed by atoms with van der Waals surface area (Å²) in [5, 5.41) is 11.7. The van der Waals surface area contributed by atoms with Crippen molar-refractivity contribution < 1.29 is 9.84 Å². The molecule has 0 saturated carbocycles. The van der Waals surface area contributed by atoms with Gasteiger partial charge in [-0.25, -0.2) is 0 Å². The van der Waals surface area contributed by atoms with Crippen LogP contribution >= 0.6 is 0 Å². The van der Waals surface area contributed by atoms with Gasteiger partial charge < -0.3 is 9.84 Å². The molecule has 2 nitrogen and oxygen atoms in total. The molecule has 19 heavy (non-hydrogen) atoms. The standard InChI is InChI=1S/C17H20O2/c1-12(2)14(11-18)10-13-8-9-17(19-3)16-7-5-4-6-15(13)16/h4-10,12,18H,11H2,1-3H3. The first-order chi connectivity index (χ1) is 9.17. The second-order valence-corrected chi connectivity index (χ2v) is 4.93. The Bertz CT molecular complexity index is 597. The largest absolute Gasteiger partial charge is 0.496 e. The summed E-state index contributed by atoms with van der Waals surface area (Å²) >= 11 is 0. The van der Waals surface area contributed by atoms with Crippen LogP contribution < -0.4 is 4.74 Å². The van der Waals surface area contributed by atoms with Gasteiger partial charge in [0.15, 0.2) is 0 Å². The van der Waals surface area contributed by atoms with E-state index in [-0.39, 0.29) is 6.61 Å². The van der Waals surface area contributed by atoms with Gasteiger partial charge in [0, 0.05) is 5.39 Å². The fraction of sp³-hybridized carbons (Fsp3) is 0.294. The molecule has 2 heteroatoms. The van der Waals surface area contributed by atoms with Gasteiger partial charge in [-0.3, -0.25) is 0 Å². The maximum absolute atomic E-state index is 9.44. The van der Waals surface area contributed by atoms with Gasteiger partial charge in [0.05, 0.1) is 13.7 Å². The minimum atomic E-state index is 0.0953. The van der Waals surface area contributed by atoms with Crippen LogP contribution in [-0.4, -0.2) is 18.8 Å². The van der Waals surface area contributed by atoms with Crippen LogP contribution in [0.3, 0.4) is 0 Å². The summed E-state index contributed by atoms with van der Waals surface area (Å²) in [5.74, 6) is 1.22. The smallest absolute Gasteiger partial charge is 0.126 e. The molecule has 2 rings (SSSR count). The van der Waals surface area contributed by atoms with Crippen LogP contribution in [0.2, 0.25) is 0 Å². The van der Waals surface area contributed by atoms with Crippen molar-refractivity contribution in [1.29, 1.82) is 0 Å². The summed E-state index contributed by atoms with van der Waals surface area (Å²) in [6, 6.07) is 12.2. The zero-order valence-electron chi connectivity index (χ0n) is 11.7. The van der Waals surface area contributed by atoms with Crippen LogP contribution in [0, 0.1) is 5.92 Å². The first-order valence-electron chi connectivity index (χ1n) is 6.54. The van der Waals surface area contributed by atoms with Crippen molar-refractivity contribution >= 4 is 16.8 Å². The topological polar surface area (TPSA) is 29.5 Å². The van der Waals surface area contributed by atoms with Crippen molar-refractivity contribution in [3.8, 4) is 5.75 Å². The monoisotopic (exact) mass is 256 g/mol. The molecule has 0 saturated heterocycles. The van der Waals surface area contributed by atoms with Gasteiger partial charge in [-0.2, -0.15) is 0 Å². The van der Waals surface area contributed by atoms with Crippen LogP contribution in [0.4, 0.5) is 0 Å². The van der Waals surface area contributed by atoms with Gasteiger partial charge in [-0.1, -0.05) is 50.3 Å². The van der Waals surface area contributed by atoms with E-state index in [4.69, 9.17) is 4.74 Å². The third-order valence-electron chi connectivity index (χ3n) is 3.40. The molecule has 0 spiro atoms. The fourth-order valence-electron chi connectivity index (χ4n) is 2.19. The molecular weight excluding hydrogens is 236 g/mol. The zero-order chi connectivity index (χ0) is 13.8. The quantitative estimate of drug-likeness (QED) is 0.899. The molecule has 1 N–H and O–H groups in total. The normalized spacial score (nSPS) is 12.2. The van der Waals surface area contributed by atoms with E-state index in [2.05, 4.69) is 32.1 Å². The highest BCUT2D eigenvalue weighted by Gasteiger charge is 2.07. The van der Waals surface area contributed by atoms with Crippen molar-refractivity contribution in [3.05, 3.63) is 47.5 Å². The lowest BCUT2D eigenvalue weighted by atomic mass is 9.97. The average molecular weight is 256 g/mol. The molecule has 0 atom stereocenters.